The molecule has 2 heterocycles. The van der Waals surface area contributed by atoms with Crippen LogP contribution in [0.1, 0.15) is 31.9 Å². The van der Waals surface area contributed by atoms with Gasteiger partial charge in [-0.15, -0.1) is 0 Å². The van der Waals surface area contributed by atoms with Crippen molar-refractivity contribution in [2.24, 2.45) is 5.92 Å². The summed E-state index contributed by atoms with van der Waals surface area (Å²) in [5.41, 5.74) is 1.63. The SMILES string of the molecule is CCCOc1ccc([C@H]2[C@@H]3C(=O)N(c4cccc(F)c4)C(=O)[C@H]3ON2c2ccccc2)cc1OCC. The van der Waals surface area contributed by atoms with Crippen molar-refractivity contribution >= 4 is 23.2 Å². The molecule has 7 nitrogen and oxygen atoms in total. The topological polar surface area (TPSA) is 68.3 Å². The first-order valence-electron chi connectivity index (χ1n) is 12.1. The number of carbonyl (C=O) groups is 2. The van der Waals surface area contributed by atoms with Gasteiger partial charge in [0.15, 0.2) is 17.6 Å². The Morgan fingerprint density at radius 3 is 2.36 bits per heavy atom. The Bertz CT molecular complexity index is 1270. The summed E-state index contributed by atoms with van der Waals surface area (Å²) < 4.78 is 25.6. The number of carbonyl (C=O) groups excluding carboxylic acids is 2. The van der Waals surface area contributed by atoms with E-state index in [2.05, 4.69) is 0 Å². The Balaban J connectivity index is 1.58. The maximum Gasteiger partial charge on any atom is 0.266 e. The fraction of sp³-hybridized carbons (Fsp3) is 0.286. The lowest BCUT2D eigenvalue weighted by Gasteiger charge is -2.29. The summed E-state index contributed by atoms with van der Waals surface area (Å²) >= 11 is 0. The molecule has 0 radical (unpaired) electrons. The van der Waals surface area contributed by atoms with Gasteiger partial charge in [0, 0.05) is 0 Å². The Morgan fingerprint density at radius 1 is 0.861 bits per heavy atom. The van der Waals surface area contributed by atoms with Gasteiger partial charge < -0.3 is 9.47 Å². The van der Waals surface area contributed by atoms with E-state index in [4.69, 9.17) is 14.3 Å². The summed E-state index contributed by atoms with van der Waals surface area (Å²) in [6.07, 6.45) is -0.195. The van der Waals surface area contributed by atoms with E-state index in [0.29, 0.717) is 30.4 Å². The molecule has 2 fully saturated rings. The third-order valence-corrected chi connectivity index (χ3v) is 6.26. The fourth-order valence-corrected chi connectivity index (χ4v) is 4.73. The number of para-hydroxylation sites is 1. The van der Waals surface area contributed by atoms with Crippen LogP contribution in [0, 0.1) is 11.7 Å². The monoisotopic (exact) mass is 490 g/mol. The largest absolute Gasteiger partial charge is 0.490 e. The molecule has 0 spiro atoms. The number of hydrogen-bond donors (Lipinski definition) is 0. The molecule has 36 heavy (non-hydrogen) atoms. The summed E-state index contributed by atoms with van der Waals surface area (Å²) in [5, 5.41) is 1.62. The van der Waals surface area contributed by atoms with E-state index in [0.717, 1.165) is 16.9 Å². The highest BCUT2D eigenvalue weighted by Crippen LogP contribution is 2.48. The molecule has 2 saturated heterocycles. The molecule has 0 N–H and O–H groups in total. The molecule has 2 aliphatic rings. The fourth-order valence-electron chi connectivity index (χ4n) is 4.73. The number of rotatable bonds is 8. The van der Waals surface area contributed by atoms with Crippen molar-refractivity contribution in [1.82, 2.24) is 0 Å². The zero-order valence-electron chi connectivity index (χ0n) is 20.1. The quantitative estimate of drug-likeness (QED) is 0.411. The Hall–Kier alpha value is -3.91. The molecule has 0 aromatic heterocycles. The van der Waals surface area contributed by atoms with Crippen molar-refractivity contribution in [3.8, 4) is 11.5 Å². The van der Waals surface area contributed by atoms with Crippen LogP contribution in [0.5, 0.6) is 11.5 Å². The van der Waals surface area contributed by atoms with Gasteiger partial charge in [0.1, 0.15) is 11.7 Å². The highest BCUT2D eigenvalue weighted by atomic mass is 19.1. The number of fused-ring (bicyclic) bond motifs is 1. The predicted octanol–water partition coefficient (Wildman–Crippen LogP) is 5.06. The Labute approximate surface area is 208 Å². The van der Waals surface area contributed by atoms with E-state index in [9.17, 15) is 14.0 Å². The highest BCUT2D eigenvalue weighted by molar-refractivity contribution is 6.23. The molecule has 0 saturated carbocycles. The predicted molar refractivity (Wildman–Crippen MR) is 132 cm³/mol. The maximum absolute atomic E-state index is 13.9. The number of ether oxygens (including phenoxy) is 2. The summed E-state index contributed by atoms with van der Waals surface area (Å²) in [4.78, 5) is 34.3. The lowest BCUT2D eigenvalue weighted by atomic mass is 9.90. The van der Waals surface area contributed by atoms with Crippen molar-refractivity contribution < 1.29 is 28.3 Å². The van der Waals surface area contributed by atoms with Crippen LogP contribution in [0.15, 0.2) is 72.8 Å². The smallest absolute Gasteiger partial charge is 0.266 e. The van der Waals surface area contributed by atoms with Crippen LogP contribution >= 0.6 is 0 Å². The molecule has 2 amide bonds. The van der Waals surface area contributed by atoms with Crippen molar-refractivity contribution in [2.45, 2.75) is 32.4 Å². The molecule has 8 heteroatoms. The third-order valence-electron chi connectivity index (χ3n) is 6.26. The number of hydroxylamine groups is 1. The highest BCUT2D eigenvalue weighted by Gasteiger charge is 2.60. The van der Waals surface area contributed by atoms with Crippen LogP contribution < -0.4 is 19.4 Å². The van der Waals surface area contributed by atoms with Gasteiger partial charge in [-0.3, -0.25) is 14.4 Å². The zero-order valence-corrected chi connectivity index (χ0v) is 20.1. The van der Waals surface area contributed by atoms with E-state index in [-0.39, 0.29) is 5.69 Å². The number of benzene rings is 3. The van der Waals surface area contributed by atoms with Crippen LogP contribution in [0.2, 0.25) is 0 Å². The number of imide groups is 1. The number of hydrogen-bond acceptors (Lipinski definition) is 6. The molecule has 0 aliphatic carbocycles. The minimum Gasteiger partial charge on any atom is -0.490 e. The molecule has 186 valence electrons. The third kappa shape index (κ3) is 4.18. The number of nitrogens with zero attached hydrogens (tertiary/aromatic N) is 2. The molecular weight excluding hydrogens is 463 g/mol. The van der Waals surface area contributed by atoms with Gasteiger partial charge in [0.25, 0.3) is 5.91 Å². The van der Waals surface area contributed by atoms with Crippen molar-refractivity contribution in [1.29, 1.82) is 0 Å². The second-order valence-corrected chi connectivity index (χ2v) is 8.64. The van der Waals surface area contributed by atoms with Gasteiger partial charge >= 0.3 is 0 Å². The molecule has 5 rings (SSSR count). The van der Waals surface area contributed by atoms with E-state index < -0.39 is 35.7 Å². The van der Waals surface area contributed by atoms with Gasteiger partial charge in [-0.2, -0.15) is 0 Å². The van der Waals surface area contributed by atoms with Crippen LogP contribution in [0.4, 0.5) is 15.8 Å². The normalized spacial score (nSPS) is 21.1. The molecule has 2 aliphatic heterocycles. The molecule has 3 atom stereocenters. The standard InChI is InChI=1S/C28H27FN2O5/c1-3-15-35-22-14-13-18(16-23(22)34-4-2)25-24-26(36-31(25)20-10-6-5-7-11-20)28(33)30(27(24)32)21-12-8-9-19(29)17-21/h5-14,16-17,24-26H,3-4,15H2,1-2H3/t24-,25-,26-/m0/s1. The zero-order chi connectivity index (χ0) is 25.2. The van der Waals surface area contributed by atoms with Crippen LogP contribution in [0.3, 0.4) is 0 Å². The van der Waals surface area contributed by atoms with Gasteiger partial charge in [0.05, 0.1) is 30.6 Å². The van der Waals surface area contributed by atoms with Crippen molar-refractivity contribution in [3.05, 3.63) is 84.2 Å². The van der Waals surface area contributed by atoms with Crippen molar-refractivity contribution in [2.75, 3.05) is 23.2 Å². The average Bonchev–Trinajstić information content (AvgIpc) is 3.39. The maximum atomic E-state index is 13.9. The van der Waals surface area contributed by atoms with Gasteiger partial charge in [-0.25, -0.2) is 14.4 Å². The summed E-state index contributed by atoms with van der Waals surface area (Å²) in [6, 6.07) is 19.7. The molecular formula is C28H27FN2O5. The number of anilines is 2. The minimum absolute atomic E-state index is 0.186. The van der Waals surface area contributed by atoms with Gasteiger partial charge in [-0.1, -0.05) is 37.3 Å². The molecule has 0 bridgehead atoms. The Morgan fingerprint density at radius 2 is 1.64 bits per heavy atom. The average molecular weight is 491 g/mol. The number of amides is 2. The first-order chi connectivity index (χ1) is 17.5. The van der Waals surface area contributed by atoms with Gasteiger partial charge in [-0.05, 0) is 61.4 Å². The van der Waals surface area contributed by atoms with E-state index in [1.54, 1.807) is 5.06 Å². The van der Waals surface area contributed by atoms with E-state index in [1.807, 2.05) is 62.4 Å². The second-order valence-electron chi connectivity index (χ2n) is 8.64. The van der Waals surface area contributed by atoms with E-state index in [1.165, 1.54) is 24.3 Å². The lowest BCUT2D eigenvalue weighted by molar-refractivity contribution is -0.126. The summed E-state index contributed by atoms with van der Waals surface area (Å²) in [7, 11) is 0. The number of halogens is 1. The lowest BCUT2D eigenvalue weighted by Crippen LogP contribution is -2.37. The van der Waals surface area contributed by atoms with Crippen LogP contribution in [-0.4, -0.2) is 31.1 Å². The summed E-state index contributed by atoms with van der Waals surface area (Å²) in [5.74, 6) is -1.16. The van der Waals surface area contributed by atoms with Crippen LogP contribution in [0.25, 0.3) is 0 Å². The first-order valence-corrected chi connectivity index (χ1v) is 12.1. The summed E-state index contributed by atoms with van der Waals surface area (Å²) in [6.45, 7) is 4.89. The van der Waals surface area contributed by atoms with E-state index >= 15 is 0 Å². The Kier molecular flexibility index (Phi) is 6.61. The van der Waals surface area contributed by atoms with Crippen LogP contribution in [-0.2, 0) is 14.4 Å². The molecule has 3 aromatic rings. The second kappa shape index (κ2) is 9.99. The molecule has 0 unspecified atom stereocenters. The van der Waals surface area contributed by atoms with Gasteiger partial charge in [0.2, 0.25) is 5.91 Å². The minimum atomic E-state index is -1.04. The van der Waals surface area contributed by atoms with Crippen molar-refractivity contribution in [3.63, 3.8) is 0 Å². The first kappa shape index (κ1) is 23.8. The molecule has 3 aromatic carbocycles.